The minimum atomic E-state index is -0.469. The van der Waals surface area contributed by atoms with E-state index in [1.807, 2.05) is 18.2 Å². The van der Waals surface area contributed by atoms with Crippen molar-refractivity contribution in [2.24, 2.45) is 0 Å². The third-order valence-corrected chi connectivity index (χ3v) is 4.11. The molecule has 0 atom stereocenters. The van der Waals surface area contributed by atoms with Gasteiger partial charge in [0.15, 0.2) is 0 Å². The second-order valence-corrected chi connectivity index (χ2v) is 5.81. The first-order valence-electron chi connectivity index (χ1n) is 5.26. The van der Waals surface area contributed by atoms with E-state index in [2.05, 4.69) is 31.9 Å². The SMILES string of the molecule is O=C1C=Cc2c(cc(Br)c3ccc(Br)cc23)C1=O. The molecule has 2 aromatic rings. The van der Waals surface area contributed by atoms with Crippen LogP contribution in [0.4, 0.5) is 0 Å². The lowest BCUT2D eigenvalue weighted by Gasteiger charge is -2.13. The minimum Gasteiger partial charge on any atom is -0.286 e. The Balaban J connectivity index is 2.48. The zero-order valence-electron chi connectivity index (χ0n) is 9.04. The van der Waals surface area contributed by atoms with Gasteiger partial charge in [0.1, 0.15) is 0 Å². The summed E-state index contributed by atoms with van der Waals surface area (Å²) >= 11 is 6.87. The number of hydrogen-bond acceptors (Lipinski definition) is 2. The average Bonchev–Trinajstić information content (AvgIpc) is 2.34. The van der Waals surface area contributed by atoms with Gasteiger partial charge in [-0.1, -0.05) is 37.9 Å². The van der Waals surface area contributed by atoms with E-state index in [-0.39, 0.29) is 0 Å². The van der Waals surface area contributed by atoms with E-state index >= 15 is 0 Å². The summed E-state index contributed by atoms with van der Waals surface area (Å²) in [5.74, 6) is -0.918. The van der Waals surface area contributed by atoms with E-state index in [0.717, 1.165) is 25.3 Å². The zero-order valence-corrected chi connectivity index (χ0v) is 12.2. The highest BCUT2D eigenvalue weighted by molar-refractivity contribution is 9.11. The smallest absolute Gasteiger partial charge is 0.233 e. The maximum absolute atomic E-state index is 11.9. The highest BCUT2D eigenvalue weighted by Gasteiger charge is 2.23. The van der Waals surface area contributed by atoms with Crippen LogP contribution in [0.1, 0.15) is 15.9 Å². The fourth-order valence-electron chi connectivity index (χ4n) is 2.11. The van der Waals surface area contributed by atoms with Crippen molar-refractivity contribution in [2.45, 2.75) is 0 Å². The standard InChI is InChI=1S/C14H6Br2O2/c15-7-1-2-9-10(5-7)8-3-4-13(17)14(18)11(8)6-12(9)16/h1-6H. The molecule has 0 saturated heterocycles. The molecule has 0 aromatic heterocycles. The predicted octanol–water partition coefficient (Wildman–Crippen LogP) is 4.14. The van der Waals surface area contributed by atoms with Crippen molar-refractivity contribution >= 4 is 60.3 Å². The van der Waals surface area contributed by atoms with Gasteiger partial charge in [0.2, 0.25) is 11.6 Å². The lowest BCUT2D eigenvalue weighted by Crippen LogP contribution is -2.16. The van der Waals surface area contributed by atoms with Crippen molar-refractivity contribution in [3.8, 4) is 0 Å². The normalized spacial score (nSPS) is 14.1. The van der Waals surface area contributed by atoms with Gasteiger partial charge < -0.3 is 0 Å². The van der Waals surface area contributed by atoms with Crippen LogP contribution in [0, 0.1) is 0 Å². The molecule has 2 aromatic carbocycles. The van der Waals surface area contributed by atoms with Crippen molar-refractivity contribution in [1.29, 1.82) is 0 Å². The number of carbonyl (C=O) groups excluding carboxylic acids is 2. The van der Waals surface area contributed by atoms with Gasteiger partial charge in [0, 0.05) is 14.5 Å². The molecule has 18 heavy (non-hydrogen) atoms. The summed E-state index contributed by atoms with van der Waals surface area (Å²) in [6.07, 6.45) is 3.04. The number of halogens is 2. The number of benzene rings is 2. The van der Waals surface area contributed by atoms with Crippen molar-refractivity contribution in [3.05, 3.63) is 50.4 Å². The Hall–Kier alpha value is -1.26. The molecule has 3 rings (SSSR count). The van der Waals surface area contributed by atoms with Crippen molar-refractivity contribution in [3.63, 3.8) is 0 Å². The van der Waals surface area contributed by atoms with Gasteiger partial charge >= 0.3 is 0 Å². The van der Waals surface area contributed by atoms with Gasteiger partial charge in [0.05, 0.1) is 0 Å². The Labute approximate surface area is 120 Å². The second kappa shape index (κ2) is 4.14. The number of rotatable bonds is 0. The summed E-state index contributed by atoms with van der Waals surface area (Å²) < 4.78 is 1.76. The van der Waals surface area contributed by atoms with Crippen LogP contribution >= 0.6 is 31.9 Å². The van der Waals surface area contributed by atoms with E-state index in [1.54, 1.807) is 12.1 Å². The number of fused-ring (bicyclic) bond motifs is 3. The molecule has 0 spiro atoms. The molecule has 0 N–H and O–H groups in total. The molecule has 0 saturated carbocycles. The molecule has 88 valence electrons. The van der Waals surface area contributed by atoms with E-state index in [1.165, 1.54) is 6.08 Å². The Bertz CT molecular complexity index is 745. The Morgan fingerprint density at radius 3 is 2.44 bits per heavy atom. The van der Waals surface area contributed by atoms with Crippen LogP contribution in [0.5, 0.6) is 0 Å². The van der Waals surface area contributed by atoms with Crippen LogP contribution in [0.15, 0.2) is 39.3 Å². The number of ketones is 2. The van der Waals surface area contributed by atoms with Gasteiger partial charge in [-0.2, -0.15) is 0 Å². The molecule has 0 fully saturated rings. The zero-order chi connectivity index (χ0) is 12.9. The number of allylic oxidation sites excluding steroid dienone is 1. The minimum absolute atomic E-state index is 0.449. The lowest BCUT2D eigenvalue weighted by atomic mass is 9.91. The van der Waals surface area contributed by atoms with Crippen LogP contribution in [0.3, 0.4) is 0 Å². The first kappa shape index (κ1) is 11.8. The fraction of sp³-hybridized carbons (Fsp3) is 0. The predicted molar refractivity (Wildman–Crippen MR) is 77.7 cm³/mol. The largest absolute Gasteiger partial charge is 0.286 e. The Morgan fingerprint density at radius 2 is 1.67 bits per heavy atom. The topological polar surface area (TPSA) is 34.1 Å². The Morgan fingerprint density at radius 1 is 0.889 bits per heavy atom. The van der Waals surface area contributed by atoms with Crippen LogP contribution in [0.25, 0.3) is 16.8 Å². The van der Waals surface area contributed by atoms with Crippen LogP contribution in [-0.4, -0.2) is 11.6 Å². The molecule has 0 amide bonds. The second-order valence-electron chi connectivity index (χ2n) is 4.04. The summed E-state index contributed by atoms with van der Waals surface area (Å²) in [6.45, 7) is 0. The lowest BCUT2D eigenvalue weighted by molar-refractivity contribution is -0.110. The van der Waals surface area contributed by atoms with E-state index in [4.69, 9.17) is 0 Å². The summed E-state index contributed by atoms with van der Waals surface area (Å²) in [5, 5.41) is 1.97. The highest BCUT2D eigenvalue weighted by atomic mass is 79.9. The molecule has 1 aliphatic rings. The van der Waals surface area contributed by atoms with Gasteiger partial charge in [-0.25, -0.2) is 0 Å². The molecule has 2 nitrogen and oxygen atoms in total. The van der Waals surface area contributed by atoms with Crippen LogP contribution in [0.2, 0.25) is 0 Å². The van der Waals surface area contributed by atoms with Gasteiger partial charge in [-0.15, -0.1) is 0 Å². The van der Waals surface area contributed by atoms with E-state index in [9.17, 15) is 9.59 Å². The number of carbonyl (C=O) groups is 2. The van der Waals surface area contributed by atoms with Crippen LogP contribution in [-0.2, 0) is 4.79 Å². The summed E-state index contributed by atoms with van der Waals surface area (Å²) in [5.41, 5.74) is 1.26. The van der Waals surface area contributed by atoms with Gasteiger partial charge in [0.25, 0.3) is 0 Å². The first-order chi connectivity index (χ1) is 8.58. The van der Waals surface area contributed by atoms with Gasteiger partial charge in [-0.3, -0.25) is 9.59 Å². The maximum atomic E-state index is 11.9. The maximum Gasteiger partial charge on any atom is 0.233 e. The molecule has 1 aliphatic carbocycles. The molecule has 0 bridgehead atoms. The van der Waals surface area contributed by atoms with Crippen molar-refractivity contribution in [2.75, 3.05) is 0 Å². The quantitative estimate of drug-likeness (QED) is 0.657. The highest BCUT2D eigenvalue weighted by Crippen LogP contribution is 2.34. The average molecular weight is 366 g/mol. The van der Waals surface area contributed by atoms with Gasteiger partial charge in [-0.05, 0) is 46.7 Å². The Kier molecular flexibility index (Phi) is 2.72. The molecule has 0 heterocycles. The molecular weight excluding hydrogens is 360 g/mol. The molecule has 4 heteroatoms. The summed E-state index contributed by atoms with van der Waals surface area (Å²) in [6, 6.07) is 7.58. The van der Waals surface area contributed by atoms with Crippen molar-refractivity contribution < 1.29 is 9.59 Å². The summed E-state index contributed by atoms with van der Waals surface area (Å²) in [4.78, 5) is 23.3. The first-order valence-corrected chi connectivity index (χ1v) is 6.85. The third kappa shape index (κ3) is 1.68. The third-order valence-electron chi connectivity index (χ3n) is 2.96. The number of hydrogen-bond donors (Lipinski definition) is 0. The molecule has 0 radical (unpaired) electrons. The van der Waals surface area contributed by atoms with E-state index < -0.39 is 11.6 Å². The fourth-order valence-corrected chi connectivity index (χ4v) is 3.05. The molecular formula is C14H6Br2O2. The van der Waals surface area contributed by atoms with Crippen LogP contribution < -0.4 is 0 Å². The molecule has 0 aliphatic heterocycles. The monoisotopic (exact) mass is 364 g/mol. The van der Waals surface area contributed by atoms with Crippen molar-refractivity contribution in [1.82, 2.24) is 0 Å². The number of Topliss-reactive ketones (excluding diaryl/α,β-unsaturated/α-hetero) is 1. The molecule has 0 unspecified atom stereocenters. The van der Waals surface area contributed by atoms with E-state index in [0.29, 0.717) is 5.56 Å². The summed E-state index contributed by atoms with van der Waals surface area (Å²) in [7, 11) is 0.